The van der Waals surface area contributed by atoms with Crippen molar-refractivity contribution < 1.29 is 22.7 Å². The smallest absolute Gasteiger partial charge is 0.265 e. The molecule has 0 saturated carbocycles. The first-order valence-corrected chi connectivity index (χ1v) is 11.0. The van der Waals surface area contributed by atoms with E-state index in [9.17, 15) is 13.2 Å². The molecule has 1 N–H and O–H groups in total. The Kier molecular flexibility index (Phi) is 5.26. The molecule has 0 bridgehead atoms. The number of amides is 1. The molecule has 1 heterocycles. The molecule has 7 nitrogen and oxygen atoms in total. The van der Waals surface area contributed by atoms with Crippen LogP contribution in [0.5, 0.6) is 11.5 Å². The van der Waals surface area contributed by atoms with Gasteiger partial charge in [0.05, 0.1) is 24.8 Å². The Morgan fingerprint density at radius 3 is 2.47 bits per heavy atom. The number of hydrogen-bond donors (Lipinski definition) is 1. The predicted octanol–water partition coefficient (Wildman–Crippen LogP) is 3.78. The van der Waals surface area contributed by atoms with Crippen molar-refractivity contribution in [2.75, 3.05) is 30.4 Å². The van der Waals surface area contributed by atoms with E-state index in [0.717, 1.165) is 10.8 Å². The zero-order valence-corrected chi connectivity index (χ0v) is 17.5. The summed E-state index contributed by atoms with van der Waals surface area (Å²) in [5, 5.41) is 4.44. The molecule has 0 atom stereocenters. The molecule has 0 aliphatic carbocycles. The van der Waals surface area contributed by atoms with Gasteiger partial charge in [0.15, 0.2) is 11.5 Å². The molecule has 0 radical (unpaired) electrons. The van der Waals surface area contributed by atoms with Gasteiger partial charge >= 0.3 is 0 Å². The molecule has 8 heteroatoms. The first kappa shape index (κ1) is 20.0. The van der Waals surface area contributed by atoms with E-state index in [0.29, 0.717) is 34.2 Å². The van der Waals surface area contributed by atoms with Crippen molar-refractivity contribution in [3.8, 4) is 11.5 Å². The first-order valence-electron chi connectivity index (χ1n) is 9.52. The fourth-order valence-electron chi connectivity index (χ4n) is 3.72. The highest BCUT2D eigenvalue weighted by molar-refractivity contribution is 7.93. The minimum absolute atomic E-state index is 0.187. The van der Waals surface area contributed by atoms with Crippen molar-refractivity contribution in [1.82, 2.24) is 0 Å². The van der Waals surface area contributed by atoms with Crippen LogP contribution in [0.2, 0.25) is 0 Å². The van der Waals surface area contributed by atoms with Gasteiger partial charge in [0.2, 0.25) is 5.91 Å². The Morgan fingerprint density at radius 2 is 1.73 bits per heavy atom. The molecule has 30 heavy (non-hydrogen) atoms. The van der Waals surface area contributed by atoms with Crippen molar-refractivity contribution in [2.24, 2.45) is 0 Å². The molecule has 0 aromatic heterocycles. The quantitative estimate of drug-likeness (QED) is 0.621. The van der Waals surface area contributed by atoms with Gasteiger partial charge in [0.25, 0.3) is 10.0 Å². The highest BCUT2D eigenvalue weighted by Gasteiger charge is 2.35. The summed E-state index contributed by atoms with van der Waals surface area (Å²) < 4.78 is 37.7. The minimum atomic E-state index is -3.60. The van der Waals surface area contributed by atoms with Gasteiger partial charge in [-0.15, -0.1) is 0 Å². The summed E-state index contributed by atoms with van der Waals surface area (Å²) in [7, 11) is -0.532. The molecule has 0 spiro atoms. The standard InChI is InChI=1S/C22H22N2O5S/c1-28-18-12-11-16(14-19(18)29-2)23-21(25)10-5-13-24-17-8-3-6-15-7-4-9-20(22(15)17)30(24,26)27/h3-4,6-9,11-12,14H,5,10,13H2,1-2H3,(H,23,25). The van der Waals surface area contributed by atoms with Crippen LogP contribution in [0.1, 0.15) is 12.8 Å². The minimum Gasteiger partial charge on any atom is -0.493 e. The summed E-state index contributed by atoms with van der Waals surface area (Å²) >= 11 is 0. The van der Waals surface area contributed by atoms with Crippen LogP contribution in [0, 0.1) is 0 Å². The molecule has 3 aromatic carbocycles. The van der Waals surface area contributed by atoms with Crippen molar-refractivity contribution in [2.45, 2.75) is 17.7 Å². The third kappa shape index (κ3) is 3.43. The number of sulfonamides is 1. The van der Waals surface area contributed by atoms with Gasteiger partial charge in [-0.3, -0.25) is 9.10 Å². The average Bonchev–Trinajstić information content (AvgIpc) is 2.97. The summed E-state index contributed by atoms with van der Waals surface area (Å²) in [6.07, 6.45) is 0.579. The lowest BCUT2D eigenvalue weighted by Crippen LogP contribution is -2.28. The Morgan fingerprint density at radius 1 is 1.00 bits per heavy atom. The maximum atomic E-state index is 13.0. The second-order valence-corrected chi connectivity index (χ2v) is 8.76. The van der Waals surface area contributed by atoms with E-state index in [1.807, 2.05) is 18.2 Å². The molecule has 1 aliphatic heterocycles. The Labute approximate surface area is 175 Å². The van der Waals surface area contributed by atoms with Crippen LogP contribution in [0.3, 0.4) is 0 Å². The second kappa shape index (κ2) is 7.87. The van der Waals surface area contributed by atoms with Crippen LogP contribution < -0.4 is 19.1 Å². The summed E-state index contributed by atoms with van der Waals surface area (Å²) in [4.78, 5) is 12.7. The molecule has 156 valence electrons. The fourth-order valence-corrected chi connectivity index (χ4v) is 5.47. The molecule has 1 amide bonds. The summed E-state index contributed by atoms with van der Waals surface area (Å²) in [5.41, 5.74) is 1.26. The lowest BCUT2D eigenvalue weighted by atomic mass is 10.1. The van der Waals surface area contributed by atoms with E-state index in [2.05, 4.69) is 5.32 Å². The Balaban J connectivity index is 1.43. The number of nitrogens with zero attached hydrogens (tertiary/aromatic N) is 1. The first-order chi connectivity index (χ1) is 14.5. The van der Waals surface area contributed by atoms with E-state index in [1.54, 1.807) is 43.5 Å². The lowest BCUT2D eigenvalue weighted by Gasteiger charge is -2.18. The zero-order valence-electron chi connectivity index (χ0n) is 16.7. The maximum absolute atomic E-state index is 13.0. The number of ether oxygens (including phenoxy) is 2. The monoisotopic (exact) mass is 426 g/mol. The topological polar surface area (TPSA) is 84.9 Å². The number of carbonyl (C=O) groups is 1. The molecule has 0 fully saturated rings. The summed E-state index contributed by atoms with van der Waals surface area (Å²) in [6.45, 7) is 0.232. The molecule has 0 unspecified atom stereocenters. The van der Waals surface area contributed by atoms with Crippen LogP contribution in [0.4, 0.5) is 11.4 Å². The molecular weight excluding hydrogens is 404 g/mol. The van der Waals surface area contributed by atoms with E-state index >= 15 is 0 Å². The van der Waals surface area contributed by atoms with E-state index in [1.165, 1.54) is 11.4 Å². The predicted molar refractivity (Wildman–Crippen MR) is 116 cm³/mol. The zero-order chi connectivity index (χ0) is 21.3. The van der Waals surface area contributed by atoms with Crippen molar-refractivity contribution in [3.05, 3.63) is 54.6 Å². The van der Waals surface area contributed by atoms with Crippen LogP contribution in [0.25, 0.3) is 10.8 Å². The number of rotatable bonds is 7. The van der Waals surface area contributed by atoms with Crippen LogP contribution >= 0.6 is 0 Å². The average molecular weight is 426 g/mol. The van der Waals surface area contributed by atoms with E-state index in [4.69, 9.17) is 9.47 Å². The highest BCUT2D eigenvalue weighted by atomic mass is 32.2. The van der Waals surface area contributed by atoms with Gasteiger partial charge < -0.3 is 14.8 Å². The largest absolute Gasteiger partial charge is 0.493 e. The van der Waals surface area contributed by atoms with Gasteiger partial charge in [-0.1, -0.05) is 24.3 Å². The third-order valence-electron chi connectivity index (χ3n) is 5.11. The van der Waals surface area contributed by atoms with E-state index in [-0.39, 0.29) is 18.9 Å². The van der Waals surface area contributed by atoms with Crippen LogP contribution in [-0.2, 0) is 14.8 Å². The third-order valence-corrected chi connectivity index (χ3v) is 6.97. The normalized spacial score (nSPS) is 14.0. The van der Waals surface area contributed by atoms with Gasteiger partial charge in [-0.05, 0) is 36.1 Å². The number of nitrogens with one attached hydrogen (secondary N) is 1. The van der Waals surface area contributed by atoms with Crippen molar-refractivity contribution in [3.63, 3.8) is 0 Å². The van der Waals surface area contributed by atoms with Crippen LogP contribution in [0.15, 0.2) is 59.5 Å². The fraction of sp³-hybridized carbons (Fsp3) is 0.227. The number of benzene rings is 3. The second-order valence-electron chi connectivity index (χ2n) is 6.93. The lowest BCUT2D eigenvalue weighted by molar-refractivity contribution is -0.116. The maximum Gasteiger partial charge on any atom is 0.265 e. The van der Waals surface area contributed by atoms with Gasteiger partial charge in [-0.25, -0.2) is 8.42 Å². The summed E-state index contributed by atoms with van der Waals surface area (Å²) in [5.74, 6) is 0.891. The number of anilines is 2. The van der Waals surface area contributed by atoms with Crippen molar-refractivity contribution >= 4 is 38.1 Å². The van der Waals surface area contributed by atoms with E-state index < -0.39 is 10.0 Å². The molecule has 0 saturated heterocycles. The number of carbonyl (C=O) groups excluding carboxylic acids is 1. The Bertz CT molecular complexity index is 1220. The van der Waals surface area contributed by atoms with Crippen molar-refractivity contribution in [1.29, 1.82) is 0 Å². The van der Waals surface area contributed by atoms with Crippen LogP contribution in [-0.4, -0.2) is 35.1 Å². The SMILES string of the molecule is COc1ccc(NC(=O)CCCN2c3cccc4cccc(c34)S2(=O)=O)cc1OC. The molecule has 3 aromatic rings. The summed E-state index contributed by atoms with van der Waals surface area (Å²) in [6, 6.07) is 15.9. The molecular formula is C22H22N2O5S. The van der Waals surface area contributed by atoms with Gasteiger partial charge in [0, 0.05) is 30.1 Å². The van der Waals surface area contributed by atoms with Gasteiger partial charge in [0.1, 0.15) is 0 Å². The number of hydrogen-bond acceptors (Lipinski definition) is 5. The Hall–Kier alpha value is -3.26. The number of methoxy groups -OCH3 is 2. The highest BCUT2D eigenvalue weighted by Crippen LogP contribution is 2.42. The molecule has 4 rings (SSSR count). The molecule has 1 aliphatic rings. The van der Waals surface area contributed by atoms with Gasteiger partial charge in [-0.2, -0.15) is 0 Å².